The molecule has 74 valence electrons. The lowest BCUT2D eigenvalue weighted by molar-refractivity contribution is 0.0638. The van der Waals surface area contributed by atoms with Gasteiger partial charge >= 0.3 is 12.1 Å². The van der Waals surface area contributed by atoms with E-state index in [1.807, 2.05) is 0 Å². The van der Waals surface area contributed by atoms with E-state index in [1.54, 1.807) is 0 Å². The van der Waals surface area contributed by atoms with Crippen molar-refractivity contribution in [3.05, 3.63) is 28.8 Å². The molecule has 0 saturated carbocycles. The van der Waals surface area contributed by atoms with Gasteiger partial charge in [0.15, 0.2) is 0 Å². The van der Waals surface area contributed by atoms with Crippen LogP contribution in [0.4, 0.5) is 10.5 Å². The van der Waals surface area contributed by atoms with Crippen molar-refractivity contribution in [2.24, 2.45) is 5.73 Å². The van der Waals surface area contributed by atoms with Gasteiger partial charge in [-0.3, -0.25) is 0 Å². The Morgan fingerprint density at radius 1 is 1.36 bits per heavy atom. The Balaban J connectivity index is 2.96. The van der Waals surface area contributed by atoms with Crippen LogP contribution >= 0.6 is 11.6 Å². The van der Waals surface area contributed by atoms with Gasteiger partial charge in [-0.05, 0) is 18.2 Å². The monoisotopic (exact) mass is 214 g/mol. The third kappa shape index (κ3) is 2.37. The second kappa shape index (κ2) is 3.97. The lowest BCUT2D eigenvalue weighted by atomic mass is 10.2. The zero-order valence-corrected chi connectivity index (χ0v) is 7.75. The molecule has 0 aliphatic rings. The first-order valence-electron chi connectivity index (χ1n) is 3.57. The standard InChI is InChI=1S/C8H7ClN2O3/c9-6-3-4(10)1-2-5(6)7(12)14-8(11)13/h1-3H,10H2,(H2,11,13). The van der Waals surface area contributed by atoms with E-state index in [0.29, 0.717) is 5.69 Å². The highest BCUT2D eigenvalue weighted by Crippen LogP contribution is 2.19. The van der Waals surface area contributed by atoms with Crippen molar-refractivity contribution >= 4 is 29.4 Å². The Bertz CT molecular complexity index is 392. The molecule has 0 unspecified atom stereocenters. The topological polar surface area (TPSA) is 95.4 Å². The molecule has 5 nitrogen and oxygen atoms in total. The van der Waals surface area contributed by atoms with E-state index < -0.39 is 12.1 Å². The van der Waals surface area contributed by atoms with Gasteiger partial charge in [-0.1, -0.05) is 11.6 Å². The summed E-state index contributed by atoms with van der Waals surface area (Å²) < 4.78 is 4.13. The molecule has 4 N–H and O–H groups in total. The van der Waals surface area contributed by atoms with Gasteiger partial charge in [0, 0.05) is 5.69 Å². The zero-order chi connectivity index (χ0) is 10.7. The normalized spacial score (nSPS) is 9.50. The van der Waals surface area contributed by atoms with Gasteiger partial charge < -0.3 is 16.2 Å². The third-order valence-electron chi connectivity index (χ3n) is 1.41. The highest BCUT2D eigenvalue weighted by Gasteiger charge is 2.13. The van der Waals surface area contributed by atoms with Crippen LogP contribution in [-0.2, 0) is 4.74 Å². The highest BCUT2D eigenvalue weighted by atomic mass is 35.5. The minimum atomic E-state index is -1.18. The van der Waals surface area contributed by atoms with Gasteiger partial charge in [0.05, 0.1) is 10.6 Å². The van der Waals surface area contributed by atoms with Crippen LogP contribution in [0.1, 0.15) is 10.4 Å². The number of amides is 1. The Morgan fingerprint density at radius 2 is 2.00 bits per heavy atom. The average Bonchev–Trinajstić information content (AvgIpc) is 2.01. The van der Waals surface area contributed by atoms with Gasteiger partial charge in [-0.2, -0.15) is 0 Å². The quantitative estimate of drug-likeness (QED) is 0.417. The number of rotatable bonds is 1. The van der Waals surface area contributed by atoms with Crippen molar-refractivity contribution in [1.82, 2.24) is 0 Å². The second-order valence-electron chi connectivity index (χ2n) is 2.45. The predicted molar refractivity (Wildman–Crippen MR) is 50.9 cm³/mol. The maximum atomic E-state index is 11.1. The van der Waals surface area contributed by atoms with Crippen LogP contribution in [0.25, 0.3) is 0 Å². The number of halogens is 1. The minimum Gasteiger partial charge on any atom is -0.399 e. The molecule has 1 amide bonds. The lowest BCUT2D eigenvalue weighted by Crippen LogP contribution is -2.18. The van der Waals surface area contributed by atoms with Crippen LogP contribution in [0.3, 0.4) is 0 Å². The number of nitrogens with two attached hydrogens (primary N) is 2. The minimum absolute atomic E-state index is 0.0414. The van der Waals surface area contributed by atoms with Crippen molar-refractivity contribution in [1.29, 1.82) is 0 Å². The summed E-state index contributed by atoms with van der Waals surface area (Å²) in [6.07, 6.45) is -1.18. The van der Waals surface area contributed by atoms with Gasteiger partial charge in [0.1, 0.15) is 0 Å². The molecule has 0 aliphatic heterocycles. The number of ether oxygens (including phenoxy) is 1. The molecule has 0 aliphatic carbocycles. The molecule has 14 heavy (non-hydrogen) atoms. The van der Waals surface area contributed by atoms with Crippen molar-refractivity contribution in [2.45, 2.75) is 0 Å². The van der Waals surface area contributed by atoms with Crippen LogP contribution in [0, 0.1) is 0 Å². The molecule has 0 spiro atoms. The van der Waals surface area contributed by atoms with Gasteiger partial charge in [-0.15, -0.1) is 0 Å². The van der Waals surface area contributed by atoms with Crippen molar-refractivity contribution in [3.8, 4) is 0 Å². The molecule has 0 heterocycles. The number of carbonyl (C=O) groups excluding carboxylic acids is 2. The van der Waals surface area contributed by atoms with Gasteiger partial charge in [0.2, 0.25) is 0 Å². The molecule has 0 bridgehead atoms. The SMILES string of the molecule is NC(=O)OC(=O)c1ccc(N)cc1Cl. The van der Waals surface area contributed by atoms with Crippen LogP contribution < -0.4 is 11.5 Å². The van der Waals surface area contributed by atoms with E-state index in [1.165, 1.54) is 18.2 Å². The molecular formula is C8H7ClN2O3. The predicted octanol–water partition coefficient (Wildman–Crippen LogP) is 1.16. The first-order valence-corrected chi connectivity index (χ1v) is 3.95. The number of esters is 1. The summed E-state index contributed by atoms with van der Waals surface area (Å²) in [4.78, 5) is 21.4. The van der Waals surface area contributed by atoms with E-state index in [-0.39, 0.29) is 10.6 Å². The highest BCUT2D eigenvalue weighted by molar-refractivity contribution is 6.34. The largest absolute Gasteiger partial charge is 0.412 e. The number of hydrogen-bond acceptors (Lipinski definition) is 4. The van der Waals surface area contributed by atoms with Crippen LogP contribution in [0.15, 0.2) is 18.2 Å². The Hall–Kier alpha value is -1.75. The first kappa shape index (κ1) is 10.3. The zero-order valence-electron chi connectivity index (χ0n) is 6.99. The number of carbonyl (C=O) groups is 2. The fourth-order valence-electron chi connectivity index (χ4n) is 0.843. The Morgan fingerprint density at radius 3 is 2.50 bits per heavy atom. The Labute approximate surface area is 84.6 Å². The van der Waals surface area contributed by atoms with E-state index >= 15 is 0 Å². The van der Waals surface area contributed by atoms with Gasteiger partial charge in [0.25, 0.3) is 0 Å². The summed E-state index contributed by atoms with van der Waals surface area (Å²) in [6, 6.07) is 4.19. The van der Waals surface area contributed by atoms with Gasteiger partial charge in [-0.25, -0.2) is 9.59 Å². The average molecular weight is 215 g/mol. The number of anilines is 1. The van der Waals surface area contributed by atoms with Crippen molar-refractivity contribution < 1.29 is 14.3 Å². The maximum Gasteiger partial charge on any atom is 0.412 e. The van der Waals surface area contributed by atoms with E-state index in [2.05, 4.69) is 10.5 Å². The number of benzene rings is 1. The lowest BCUT2D eigenvalue weighted by Gasteiger charge is -2.02. The molecule has 0 fully saturated rings. The van der Waals surface area contributed by atoms with E-state index in [4.69, 9.17) is 17.3 Å². The molecule has 0 atom stereocenters. The molecule has 1 aromatic rings. The third-order valence-corrected chi connectivity index (χ3v) is 1.72. The molecule has 0 radical (unpaired) electrons. The van der Waals surface area contributed by atoms with Crippen molar-refractivity contribution in [3.63, 3.8) is 0 Å². The molecule has 6 heteroatoms. The fraction of sp³-hybridized carbons (Fsp3) is 0. The number of hydrogen-bond donors (Lipinski definition) is 2. The molecule has 1 aromatic carbocycles. The Kier molecular flexibility index (Phi) is 2.93. The smallest absolute Gasteiger partial charge is 0.399 e. The fourth-order valence-corrected chi connectivity index (χ4v) is 1.11. The summed E-state index contributed by atoms with van der Waals surface area (Å²) >= 11 is 5.67. The number of nitrogen functional groups attached to an aromatic ring is 1. The molecular weight excluding hydrogens is 208 g/mol. The summed E-state index contributed by atoms with van der Waals surface area (Å²) in [6.45, 7) is 0. The summed E-state index contributed by atoms with van der Waals surface area (Å²) in [5, 5.41) is 0.108. The molecule has 0 aromatic heterocycles. The summed E-state index contributed by atoms with van der Waals surface area (Å²) in [7, 11) is 0. The summed E-state index contributed by atoms with van der Waals surface area (Å²) in [5.41, 5.74) is 10.5. The summed E-state index contributed by atoms with van der Waals surface area (Å²) in [5.74, 6) is -0.900. The van der Waals surface area contributed by atoms with Crippen molar-refractivity contribution in [2.75, 3.05) is 5.73 Å². The van der Waals surface area contributed by atoms with E-state index in [9.17, 15) is 9.59 Å². The second-order valence-corrected chi connectivity index (χ2v) is 2.86. The van der Waals surface area contributed by atoms with E-state index in [0.717, 1.165) is 0 Å². The van der Waals surface area contributed by atoms with Crippen LogP contribution in [0.5, 0.6) is 0 Å². The molecule has 1 rings (SSSR count). The number of primary amides is 1. The molecule has 0 saturated heterocycles. The van der Waals surface area contributed by atoms with Crippen LogP contribution in [0.2, 0.25) is 5.02 Å². The maximum absolute atomic E-state index is 11.1. The van der Waals surface area contributed by atoms with Crippen LogP contribution in [-0.4, -0.2) is 12.1 Å². The first-order chi connectivity index (χ1) is 6.50.